The highest BCUT2D eigenvalue weighted by molar-refractivity contribution is 5.61. The van der Waals surface area contributed by atoms with Crippen LogP contribution in [0.4, 0.5) is 5.69 Å². The lowest BCUT2D eigenvalue weighted by Gasteiger charge is -2.09. The Bertz CT molecular complexity index is 639. The van der Waals surface area contributed by atoms with Crippen LogP contribution in [0.25, 0.3) is 11.3 Å². The molecule has 1 aromatic carbocycles. The van der Waals surface area contributed by atoms with Gasteiger partial charge in [0.1, 0.15) is 0 Å². The average Bonchev–Trinajstić information content (AvgIpc) is 2.53. The van der Waals surface area contributed by atoms with Crippen molar-refractivity contribution in [2.45, 2.75) is 33.2 Å². The van der Waals surface area contributed by atoms with Gasteiger partial charge in [-0.15, -0.1) is 0 Å². The number of nitrogens with zero attached hydrogens (tertiary/aromatic N) is 2. The van der Waals surface area contributed by atoms with Crippen LogP contribution < -0.4 is 5.32 Å². The zero-order valence-corrected chi connectivity index (χ0v) is 13.0. The Balaban J connectivity index is 2.09. The maximum absolute atomic E-state index is 10.7. The number of nitro groups is 1. The molecule has 2 rings (SSSR count). The summed E-state index contributed by atoms with van der Waals surface area (Å²) in [6.07, 6.45) is 2.36. The number of pyridine rings is 1. The number of hydrogen-bond acceptors (Lipinski definition) is 4. The maximum Gasteiger partial charge on any atom is 0.269 e. The van der Waals surface area contributed by atoms with Crippen molar-refractivity contribution in [3.63, 3.8) is 0 Å². The van der Waals surface area contributed by atoms with Crippen LogP contribution in [0.15, 0.2) is 36.4 Å². The third kappa shape index (κ3) is 4.11. The molecule has 0 saturated carbocycles. The van der Waals surface area contributed by atoms with Gasteiger partial charge in [-0.3, -0.25) is 15.1 Å². The third-order valence-electron chi connectivity index (χ3n) is 3.59. The van der Waals surface area contributed by atoms with Crippen LogP contribution >= 0.6 is 0 Å². The Labute approximate surface area is 130 Å². The van der Waals surface area contributed by atoms with Gasteiger partial charge in [-0.2, -0.15) is 0 Å². The summed E-state index contributed by atoms with van der Waals surface area (Å²) in [7, 11) is 0. The second-order valence-electron chi connectivity index (χ2n) is 5.28. The minimum atomic E-state index is -0.395. The van der Waals surface area contributed by atoms with Gasteiger partial charge in [-0.05, 0) is 43.7 Å². The molecule has 22 heavy (non-hydrogen) atoms. The fourth-order valence-corrected chi connectivity index (χ4v) is 2.22. The van der Waals surface area contributed by atoms with E-state index in [-0.39, 0.29) is 5.69 Å². The van der Waals surface area contributed by atoms with E-state index in [4.69, 9.17) is 0 Å². The van der Waals surface area contributed by atoms with Crippen LogP contribution in [0.5, 0.6) is 0 Å². The summed E-state index contributed by atoms with van der Waals surface area (Å²) in [6, 6.07) is 10.5. The van der Waals surface area contributed by atoms with Crippen molar-refractivity contribution < 1.29 is 4.92 Å². The minimum Gasteiger partial charge on any atom is -0.313 e. The summed E-state index contributed by atoms with van der Waals surface area (Å²) in [5.74, 6) is 0. The van der Waals surface area contributed by atoms with Gasteiger partial charge >= 0.3 is 0 Å². The van der Waals surface area contributed by atoms with E-state index >= 15 is 0 Å². The van der Waals surface area contributed by atoms with Crippen LogP contribution in [0.3, 0.4) is 0 Å². The van der Waals surface area contributed by atoms with Gasteiger partial charge in [-0.1, -0.05) is 19.4 Å². The van der Waals surface area contributed by atoms with Crippen LogP contribution in [0, 0.1) is 17.0 Å². The molecular weight excluding hydrogens is 278 g/mol. The van der Waals surface area contributed by atoms with Crippen molar-refractivity contribution in [1.82, 2.24) is 10.3 Å². The molecule has 1 aromatic heterocycles. The van der Waals surface area contributed by atoms with Crippen LogP contribution in [0.2, 0.25) is 0 Å². The number of nitrogens with one attached hydrogen (secondary N) is 1. The number of unbranched alkanes of at least 4 members (excludes halogenated alkanes) is 1. The lowest BCUT2D eigenvalue weighted by molar-refractivity contribution is -0.384. The molecule has 0 aliphatic carbocycles. The number of nitro benzene ring substituents is 1. The molecule has 1 N–H and O–H groups in total. The second-order valence-corrected chi connectivity index (χ2v) is 5.28. The first-order valence-electron chi connectivity index (χ1n) is 7.54. The summed E-state index contributed by atoms with van der Waals surface area (Å²) < 4.78 is 0. The Morgan fingerprint density at radius 2 is 1.91 bits per heavy atom. The van der Waals surface area contributed by atoms with Crippen LogP contribution in [-0.2, 0) is 6.54 Å². The van der Waals surface area contributed by atoms with Gasteiger partial charge in [0.05, 0.1) is 10.6 Å². The number of benzene rings is 1. The van der Waals surface area contributed by atoms with Crippen molar-refractivity contribution in [1.29, 1.82) is 0 Å². The molecule has 5 nitrogen and oxygen atoms in total. The van der Waals surface area contributed by atoms with Crippen molar-refractivity contribution >= 4 is 5.69 Å². The molecule has 116 valence electrons. The predicted molar refractivity (Wildman–Crippen MR) is 87.7 cm³/mol. The van der Waals surface area contributed by atoms with E-state index in [2.05, 4.69) is 23.3 Å². The number of non-ortho nitro benzene ring substituents is 1. The SMILES string of the molecule is CCCCNCc1ccc(-c2ccc([N+](=O)[O-])cc2)nc1C. The average molecular weight is 299 g/mol. The number of hydrogen-bond donors (Lipinski definition) is 1. The molecule has 1 heterocycles. The lowest BCUT2D eigenvalue weighted by atomic mass is 10.1. The number of rotatable bonds is 7. The zero-order valence-electron chi connectivity index (χ0n) is 13.0. The van der Waals surface area contributed by atoms with E-state index in [0.29, 0.717) is 0 Å². The highest BCUT2D eigenvalue weighted by atomic mass is 16.6. The predicted octanol–water partition coefficient (Wildman–Crippen LogP) is 3.85. The van der Waals surface area contributed by atoms with E-state index in [1.807, 2.05) is 13.0 Å². The molecule has 5 heteroatoms. The Hall–Kier alpha value is -2.27. The number of aryl methyl sites for hydroxylation is 1. The molecule has 0 aliphatic rings. The van der Waals surface area contributed by atoms with Gasteiger partial charge < -0.3 is 5.32 Å². The molecule has 0 amide bonds. The van der Waals surface area contributed by atoms with Crippen molar-refractivity contribution in [2.24, 2.45) is 0 Å². The van der Waals surface area contributed by atoms with E-state index in [1.54, 1.807) is 12.1 Å². The van der Waals surface area contributed by atoms with E-state index in [1.165, 1.54) is 30.5 Å². The molecule has 0 bridgehead atoms. The van der Waals surface area contributed by atoms with E-state index < -0.39 is 4.92 Å². The fraction of sp³-hybridized carbons (Fsp3) is 0.353. The highest BCUT2D eigenvalue weighted by Crippen LogP contribution is 2.22. The molecule has 0 fully saturated rings. The lowest BCUT2D eigenvalue weighted by Crippen LogP contribution is -2.15. The van der Waals surface area contributed by atoms with E-state index in [0.717, 1.165) is 30.0 Å². The van der Waals surface area contributed by atoms with E-state index in [9.17, 15) is 10.1 Å². The van der Waals surface area contributed by atoms with Crippen molar-refractivity contribution in [2.75, 3.05) is 6.54 Å². The monoisotopic (exact) mass is 299 g/mol. The summed E-state index contributed by atoms with van der Waals surface area (Å²) in [6.45, 7) is 6.00. The standard InChI is InChI=1S/C17H21N3O2/c1-3-4-11-18-12-15-7-10-17(19-13(15)2)14-5-8-16(9-6-14)20(21)22/h5-10,18H,3-4,11-12H2,1-2H3. The molecule has 0 atom stereocenters. The summed E-state index contributed by atoms with van der Waals surface area (Å²) in [5.41, 5.74) is 3.99. The summed E-state index contributed by atoms with van der Waals surface area (Å²) >= 11 is 0. The largest absolute Gasteiger partial charge is 0.313 e. The first-order chi connectivity index (χ1) is 10.6. The minimum absolute atomic E-state index is 0.0946. The molecule has 2 aromatic rings. The second kappa shape index (κ2) is 7.66. The quantitative estimate of drug-likeness (QED) is 0.479. The van der Waals surface area contributed by atoms with Crippen molar-refractivity contribution in [3.05, 3.63) is 57.8 Å². The highest BCUT2D eigenvalue weighted by Gasteiger charge is 2.07. The first-order valence-corrected chi connectivity index (χ1v) is 7.54. The summed E-state index contributed by atoms with van der Waals surface area (Å²) in [4.78, 5) is 14.9. The fourth-order valence-electron chi connectivity index (χ4n) is 2.22. The Kier molecular flexibility index (Phi) is 5.61. The van der Waals surface area contributed by atoms with Crippen molar-refractivity contribution in [3.8, 4) is 11.3 Å². The summed E-state index contributed by atoms with van der Waals surface area (Å²) in [5, 5.41) is 14.1. The third-order valence-corrected chi connectivity index (χ3v) is 3.59. The Morgan fingerprint density at radius 3 is 2.50 bits per heavy atom. The number of aromatic nitrogens is 1. The maximum atomic E-state index is 10.7. The molecule has 0 aliphatic heterocycles. The molecule has 0 unspecified atom stereocenters. The first kappa shape index (κ1) is 16.1. The van der Waals surface area contributed by atoms with Crippen LogP contribution in [0.1, 0.15) is 31.0 Å². The van der Waals surface area contributed by atoms with Gasteiger partial charge in [0.2, 0.25) is 0 Å². The normalized spacial score (nSPS) is 10.6. The topological polar surface area (TPSA) is 68.1 Å². The molecular formula is C17H21N3O2. The van der Waals surface area contributed by atoms with Gasteiger partial charge in [0.25, 0.3) is 5.69 Å². The molecule has 0 spiro atoms. The molecule has 0 saturated heterocycles. The van der Waals surface area contributed by atoms with Gasteiger partial charge in [0, 0.05) is 29.9 Å². The van der Waals surface area contributed by atoms with Gasteiger partial charge in [0.15, 0.2) is 0 Å². The smallest absolute Gasteiger partial charge is 0.269 e. The van der Waals surface area contributed by atoms with Gasteiger partial charge in [-0.25, -0.2) is 0 Å². The zero-order chi connectivity index (χ0) is 15.9. The molecule has 0 radical (unpaired) electrons. The Morgan fingerprint density at radius 1 is 1.18 bits per heavy atom. The van der Waals surface area contributed by atoms with Crippen LogP contribution in [-0.4, -0.2) is 16.5 Å².